The van der Waals surface area contributed by atoms with Crippen molar-refractivity contribution in [1.82, 2.24) is 4.98 Å². The van der Waals surface area contributed by atoms with Gasteiger partial charge in [-0.15, -0.1) is 0 Å². The van der Waals surface area contributed by atoms with Crippen molar-refractivity contribution in [2.45, 2.75) is 0 Å². The summed E-state index contributed by atoms with van der Waals surface area (Å²) in [5, 5.41) is 1.47. The summed E-state index contributed by atoms with van der Waals surface area (Å²) in [6.45, 7) is 0.479. The highest BCUT2D eigenvalue weighted by Crippen LogP contribution is 2.24. The van der Waals surface area contributed by atoms with Crippen LogP contribution in [0.5, 0.6) is 5.75 Å². The van der Waals surface area contributed by atoms with Crippen LogP contribution in [0.4, 0.5) is 0 Å². The summed E-state index contributed by atoms with van der Waals surface area (Å²) in [5.74, 6) is 0.801. The maximum Gasteiger partial charge on any atom is 0.136 e. The van der Waals surface area contributed by atoms with Gasteiger partial charge in [0.05, 0.1) is 12.6 Å². The Labute approximate surface area is 105 Å². The molecule has 0 bridgehead atoms. The molecule has 2 aromatic rings. The summed E-state index contributed by atoms with van der Waals surface area (Å²) in [5.41, 5.74) is 7.12. The molecule has 0 radical (unpaired) electrons. The smallest absolute Gasteiger partial charge is 0.136 e. The largest absolute Gasteiger partial charge is 0.497 e. The molecule has 0 saturated heterocycles. The van der Waals surface area contributed by atoms with Gasteiger partial charge in [-0.05, 0) is 24.3 Å². The van der Waals surface area contributed by atoms with Crippen molar-refractivity contribution in [3.8, 4) is 5.75 Å². The molecular formula is C13H13ClN2O. The van der Waals surface area contributed by atoms with Gasteiger partial charge in [-0.1, -0.05) is 23.8 Å². The minimum absolute atomic E-state index is 0.479. The van der Waals surface area contributed by atoms with Crippen molar-refractivity contribution in [1.29, 1.82) is 0 Å². The van der Waals surface area contributed by atoms with Crippen molar-refractivity contribution in [3.05, 3.63) is 41.1 Å². The van der Waals surface area contributed by atoms with E-state index in [4.69, 9.17) is 22.1 Å². The highest BCUT2D eigenvalue weighted by molar-refractivity contribution is 6.31. The molecule has 0 fully saturated rings. The highest BCUT2D eigenvalue weighted by atomic mass is 35.5. The molecule has 0 aliphatic heterocycles. The summed E-state index contributed by atoms with van der Waals surface area (Å²) in [6.07, 6.45) is 3.71. The van der Waals surface area contributed by atoms with Gasteiger partial charge in [0.2, 0.25) is 0 Å². The molecule has 0 amide bonds. The van der Waals surface area contributed by atoms with Crippen LogP contribution in [0.25, 0.3) is 17.0 Å². The van der Waals surface area contributed by atoms with E-state index in [1.807, 2.05) is 36.4 Å². The van der Waals surface area contributed by atoms with Crippen LogP contribution in [0, 0.1) is 0 Å². The first-order chi connectivity index (χ1) is 8.24. The summed E-state index contributed by atoms with van der Waals surface area (Å²) in [6, 6.07) is 7.65. The summed E-state index contributed by atoms with van der Waals surface area (Å²) in [4.78, 5) is 4.32. The van der Waals surface area contributed by atoms with Crippen molar-refractivity contribution in [2.75, 3.05) is 13.7 Å². The Kier molecular flexibility index (Phi) is 3.61. The Morgan fingerprint density at radius 3 is 2.94 bits per heavy atom. The van der Waals surface area contributed by atoms with E-state index < -0.39 is 0 Å². The molecule has 0 saturated carbocycles. The lowest BCUT2D eigenvalue weighted by Gasteiger charge is -2.04. The van der Waals surface area contributed by atoms with Crippen LogP contribution in [0.15, 0.2) is 30.3 Å². The molecule has 0 atom stereocenters. The average molecular weight is 249 g/mol. The molecule has 3 nitrogen and oxygen atoms in total. The van der Waals surface area contributed by atoms with E-state index in [2.05, 4.69) is 4.98 Å². The maximum atomic E-state index is 6.08. The summed E-state index contributed by atoms with van der Waals surface area (Å²) in [7, 11) is 1.64. The van der Waals surface area contributed by atoms with Crippen molar-refractivity contribution >= 4 is 28.6 Å². The number of pyridine rings is 1. The minimum atomic E-state index is 0.479. The molecule has 17 heavy (non-hydrogen) atoms. The monoisotopic (exact) mass is 248 g/mol. The normalized spacial score (nSPS) is 11.2. The quantitative estimate of drug-likeness (QED) is 0.850. The first-order valence-corrected chi connectivity index (χ1v) is 5.63. The third-order valence-electron chi connectivity index (χ3n) is 2.44. The number of hydrogen-bond acceptors (Lipinski definition) is 3. The molecule has 2 N–H and O–H groups in total. The van der Waals surface area contributed by atoms with Crippen LogP contribution in [0.1, 0.15) is 5.56 Å². The number of methoxy groups -OCH3 is 1. The second-order valence-electron chi connectivity index (χ2n) is 3.57. The maximum absolute atomic E-state index is 6.08. The Morgan fingerprint density at radius 2 is 2.24 bits per heavy atom. The van der Waals surface area contributed by atoms with E-state index >= 15 is 0 Å². The van der Waals surface area contributed by atoms with Gasteiger partial charge in [-0.3, -0.25) is 0 Å². The Hall–Kier alpha value is -1.58. The molecule has 1 aromatic carbocycles. The zero-order valence-corrected chi connectivity index (χ0v) is 10.2. The van der Waals surface area contributed by atoms with Gasteiger partial charge >= 0.3 is 0 Å². The summed E-state index contributed by atoms with van der Waals surface area (Å²) >= 11 is 6.08. The first-order valence-electron chi connectivity index (χ1n) is 5.25. The van der Waals surface area contributed by atoms with Crippen LogP contribution in [0.2, 0.25) is 5.15 Å². The second kappa shape index (κ2) is 5.17. The lowest BCUT2D eigenvalue weighted by molar-refractivity contribution is 0.415. The van der Waals surface area contributed by atoms with Gasteiger partial charge in [-0.25, -0.2) is 4.98 Å². The van der Waals surface area contributed by atoms with Crippen molar-refractivity contribution in [3.63, 3.8) is 0 Å². The molecule has 1 aromatic heterocycles. The molecule has 0 unspecified atom stereocenters. The van der Waals surface area contributed by atoms with Gasteiger partial charge in [0.1, 0.15) is 10.9 Å². The van der Waals surface area contributed by atoms with Crippen molar-refractivity contribution < 1.29 is 4.74 Å². The molecule has 88 valence electrons. The number of hydrogen-bond donors (Lipinski definition) is 1. The lowest BCUT2D eigenvalue weighted by Crippen LogP contribution is -1.92. The van der Waals surface area contributed by atoms with Crippen LogP contribution in [-0.2, 0) is 0 Å². The fourth-order valence-electron chi connectivity index (χ4n) is 1.59. The van der Waals surface area contributed by atoms with E-state index in [9.17, 15) is 0 Å². The number of nitrogens with two attached hydrogens (primary N) is 1. The van der Waals surface area contributed by atoms with Crippen LogP contribution in [-0.4, -0.2) is 18.6 Å². The van der Waals surface area contributed by atoms with Gasteiger partial charge in [-0.2, -0.15) is 0 Å². The Balaban J connectivity index is 2.56. The predicted octanol–water partition coefficient (Wildman–Crippen LogP) is 2.87. The zero-order valence-electron chi connectivity index (χ0n) is 9.48. The third-order valence-corrected chi connectivity index (χ3v) is 2.74. The fourth-order valence-corrected chi connectivity index (χ4v) is 1.79. The Morgan fingerprint density at radius 1 is 1.41 bits per heavy atom. The van der Waals surface area contributed by atoms with Gasteiger partial charge in [0, 0.05) is 17.5 Å². The molecule has 2 rings (SSSR count). The SMILES string of the molecule is COc1ccc2nc(Cl)c(C=CCN)cc2c1. The molecule has 0 aliphatic rings. The average Bonchev–Trinajstić information content (AvgIpc) is 2.35. The van der Waals surface area contributed by atoms with Crippen LogP contribution >= 0.6 is 11.6 Å². The van der Waals surface area contributed by atoms with Crippen LogP contribution in [0.3, 0.4) is 0 Å². The Bertz CT molecular complexity index is 567. The van der Waals surface area contributed by atoms with Gasteiger partial charge in [0.15, 0.2) is 0 Å². The van der Waals surface area contributed by atoms with Gasteiger partial charge in [0.25, 0.3) is 0 Å². The molecule has 1 heterocycles. The van der Waals surface area contributed by atoms with E-state index in [1.165, 1.54) is 0 Å². The first kappa shape index (κ1) is 11.9. The van der Waals surface area contributed by atoms with Crippen molar-refractivity contribution in [2.24, 2.45) is 5.73 Å². The number of rotatable bonds is 3. The molecule has 0 aliphatic carbocycles. The van der Waals surface area contributed by atoms with Crippen LogP contribution < -0.4 is 10.5 Å². The molecule has 4 heteroatoms. The zero-order chi connectivity index (χ0) is 12.3. The van der Waals surface area contributed by atoms with E-state index in [0.717, 1.165) is 22.2 Å². The predicted molar refractivity (Wildman–Crippen MR) is 71.4 cm³/mol. The fraction of sp³-hybridized carbons (Fsp3) is 0.154. The minimum Gasteiger partial charge on any atom is -0.497 e. The molecule has 0 spiro atoms. The highest BCUT2D eigenvalue weighted by Gasteiger charge is 2.03. The number of ether oxygens (including phenoxy) is 1. The topological polar surface area (TPSA) is 48.1 Å². The lowest BCUT2D eigenvalue weighted by atomic mass is 10.1. The van der Waals surface area contributed by atoms with E-state index in [-0.39, 0.29) is 0 Å². The van der Waals surface area contributed by atoms with E-state index in [1.54, 1.807) is 7.11 Å². The second-order valence-corrected chi connectivity index (χ2v) is 3.92. The number of nitrogens with zero attached hydrogens (tertiary/aromatic N) is 1. The number of aromatic nitrogens is 1. The number of benzene rings is 1. The number of halogens is 1. The molecular weight excluding hydrogens is 236 g/mol. The number of fused-ring (bicyclic) bond motifs is 1. The third kappa shape index (κ3) is 2.57. The standard InChI is InChI=1S/C13H13ClN2O/c1-17-11-4-5-12-10(8-11)7-9(3-2-6-15)13(14)16-12/h2-5,7-8H,6,15H2,1H3. The van der Waals surface area contributed by atoms with Gasteiger partial charge < -0.3 is 10.5 Å². The van der Waals surface area contributed by atoms with E-state index in [0.29, 0.717) is 11.7 Å². The summed E-state index contributed by atoms with van der Waals surface area (Å²) < 4.78 is 5.17.